The predicted octanol–water partition coefficient (Wildman–Crippen LogP) is 2.73. The van der Waals surface area contributed by atoms with Gasteiger partial charge in [0.05, 0.1) is 39.9 Å². The van der Waals surface area contributed by atoms with Gasteiger partial charge in [-0.25, -0.2) is 13.8 Å². The van der Waals surface area contributed by atoms with Gasteiger partial charge in [-0.1, -0.05) is 0 Å². The molecule has 3 aromatic heterocycles. The number of rotatable bonds is 3. The van der Waals surface area contributed by atoms with Crippen LogP contribution in [0.5, 0.6) is 0 Å². The van der Waals surface area contributed by atoms with Gasteiger partial charge in [0.2, 0.25) is 0 Å². The van der Waals surface area contributed by atoms with Crippen molar-refractivity contribution in [3.05, 3.63) is 54.5 Å². The smallest absolute Gasteiger partial charge is 0.291 e. The highest BCUT2D eigenvalue weighted by Gasteiger charge is 2.19. The molecule has 9 heteroatoms. The molecule has 0 N–H and O–H groups in total. The number of hydrogen-bond acceptors (Lipinski definition) is 5. The minimum Gasteiger partial charge on any atom is -0.291 e. The van der Waals surface area contributed by atoms with Crippen LogP contribution in [-0.2, 0) is 6.54 Å². The van der Waals surface area contributed by atoms with Gasteiger partial charge < -0.3 is 0 Å². The van der Waals surface area contributed by atoms with Crippen LogP contribution in [0.3, 0.4) is 0 Å². The molecule has 0 fully saturated rings. The highest BCUT2D eigenvalue weighted by atomic mass is 79.9. The van der Waals surface area contributed by atoms with Crippen LogP contribution >= 0.6 is 27.3 Å². The summed E-state index contributed by atoms with van der Waals surface area (Å²) in [6.07, 6.45) is 2.42. The van der Waals surface area contributed by atoms with Crippen LogP contribution in [-0.4, -0.2) is 14.1 Å². The van der Waals surface area contributed by atoms with Gasteiger partial charge in [0.1, 0.15) is 10.5 Å². The fourth-order valence-corrected chi connectivity index (χ4v) is 3.94. The molecule has 3 rings (SSSR count). The molecule has 0 aliphatic carbocycles. The van der Waals surface area contributed by atoms with Crippen molar-refractivity contribution in [2.75, 3.05) is 0 Å². The molecule has 0 saturated carbocycles. The summed E-state index contributed by atoms with van der Waals surface area (Å²) < 4.78 is 17.1. The molecule has 0 aromatic carbocycles. The van der Waals surface area contributed by atoms with E-state index in [-0.39, 0.29) is 24.2 Å². The Labute approximate surface area is 147 Å². The Balaban J connectivity index is 2.45. The van der Waals surface area contributed by atoms with E-state index in [0.717, 1.165) is 10.8 Å². The van der Waals surface area contributed by atoms with Gasteiger partial charge in [-0.3, -0.25) is 14.3 Å². The van der Waals surface area contributed by atoms with Gasteiger partial charge in [0.25, 0.3) is 5.56 Å². The molecule has 0 bridgehead atoms. The van der Waals surface area contributed by atoms with E-state index in [9.17, 15) is 14.0 Å². The topological polar surface area (TPSA) is 80.7 Å². The fourth-order valence-electron chi connectivity index (χ4n) is 2.42. The fraction of sp³-hybridized carbons (Fsp3) is 0.200. The molecular weight excluding hydrogens is 399 g/mol. The van der Waals surface area contributed by atoms with Crippen molar-refractivity contribution in [1.29, 1.82) is 5.26 Å². The molecule has 122 valence electrons. The summed E-state index contributed by atoms with van der Waals surface area (Å²) in [5.41, 5.74) is -0.443. The summed E-state index contributed by atoms with van der Waals surface area (Å²) in [5, 5.41) is 8.82. The largest absolute Gasteiger partial charge is 0.336 e. The van der Waals surface area contributed by atoms with Gasteiger partial charge in [0.15, 0.2) is 0 Å². The average molecular weight is 409 g/mol. The van der Waals surface area contributed by atoms with Crippen molar-refractivity contribution < 1.29 is 4.39 Å². The molecule has 0 aliphatic rings. The Morgan fingerprint density at radius 1 is 1.42 bits per heavy atom. The van der Waals surface area contributed by atoms with Crippen molar-refractivity contribution in [3.8, 4) is 11.8 Å². The second kappa shape index (κ2) is 6.30. The third kappa shape index (κ3) is 2.57. The molecule has 0 radical (unpaired) electrons. The second-order valence-corrected chi connectivity index (χ2v) is 7.44. The number of nitriles is 1. The molecule has 0 spiro atoms. The third-order valence-electron chi connectivity index (χ3n) is 3.61. The molecule has 0 amide bonds. The predicted molar refractivity (Wildman–Crippen MR) is 92.1 cm³/mol. The number of pyridine rings is 1. The van der Waals surface area contributed by atoms with Gasteiger partial charge >= 0.3 is 5.69 Å². The van der Waals surface area contributed by atoms with E-state index in [0.29, 0.717) is 14.0 Å². The summed E-state index contributed by atoms with van der Waals surface area (Å²) in [6.45, 7) is 1.61. The maximum Gasteiger partial charge on any atom is 0.336 e. The summed E-state index contributed by atoms with van der Waals surface area (Å²) >= 11 is 4.49. The number of fused-ring (bicyclic) bond motifs is 1. The molecule has 6 nitrogen and oxygen atoms in total. The first-order chi connectivity index (χ1) is 11.5. The SMILES string of the molecule is Cc1c(F)cncc1-n1c(=O)c2sc(Br)cc2n(CCC#N)c1=O. The summed E-state index contributed by atoms with van der Waals surface area (Å²) in [6, 6.07) is 3.65. The Hall–Kier alpha value is -2.31. The van der Waals surface area contributed by atoms with Crippen LogP contribution in [0, 0.1) is 24.1 Å². The standard InChI is InChI=1S/C15H10BrFN4O2S/c1-8-9(17)6-19-7-11(8)21-14(22)13-10(5-12(16)24-13)20(15(21)23)4-2-3-18/h5-7H,2,4H2,1H3. The molecule has 0 aliphatic heterocycles. The number of aromatic nitrogens is 3. The van der Waals surface area contributed by atoms with Crippen LogP contribution in [0.1, 0.15) is 12.0 Å². The molecular formula is C15H10BrFN4O2S. The number of thiophene rings is 1. The lowest BCUT2D eigenvalue weighted by Crippen LogP contribution is -2.39. The first-order valence-corrected chi connectivity index (χ1v) is 8.49. The van der Waals surface area contributed by atoms with Gasteiger partial charge in [-0.15, -0.1) is 11.3 Å². The summed E-state index contributed by atoms with van der Waals surface area (Å²) in [7, 11) is 0. The minimum atomic E-state index is -0.622. The maximum absolute atomic E-state index is 13.8. The van der Waals surface area contributed by atoms with E-state index in [1.165, 1.54) is 29.0 Å². The Kier molecular flexibility index (Phi) is 4.34. The number of hydrogen-bond donors (Lipinski definition) is 0. The first kappa shape index (κ1) is 16.5. The molecule has 24 heavy (non-hydrogen) atoms. The zero-order valence-corrected chi connectivity index (χ0v) is 14.8. The normalized spacial score (nSPS) is 10.9. The van der Waals surface area contributed by atoms with E-state index >= 15 is 0 Å². The molecule has 0 atom stereocenters. The van der Waals surface area contributed by atoms with Crippen LogP contribution in [0.25, 0.3) is 15.9 Å². The highest BCUT2D eigenvalue weighted by Crippen LogP contribution is 2.27. The van der Waals surface area contributed by atoms with Crippen LogP contribution in [0.15, 0.2) is 31.8 Å². The van der Waals surface area contributed by atoms with Crippen molar-refractivity contribution in [1.82, 2.24) is 14.1 Å². The van der Waals surface area contributed by atoms with Crippen molar-refractivity contribution in [2.45, 2.75) is 19.9 Å². The third-order valence-corrected chi connectivity index (χ3v) is 5.22. The molecule has 0 saturated heterocycles. The molecule has 3 heterocycles. The average Bonchev–Trinajstić information content (AvgIpc) is 2.93. The lowest BCUT2D eigenvalue weighted by atomic mass is 10.2. The van der Waals surface area contributed by atoms with E-state index in [1.54, 1.807) is 6.07 Å². The summed E-state index contributed by atoms with van der Waals surface area (Å²) in [4.78, 5) is 29.4. The van der Waals surface area contributed by atoms with E-state index in [2.05, 4.69) is 20.9 Å². The van der Waals surface area contributed by atoms with Crippen LogP contribution < -0.4 is 11.2 Å². The van der Waals surface area contributed by atoms with Crippen LogP contribution in [0.4, 0.5) is 4.39 Å². The Bertz CT molecular complexity index is 1110. The Morgan fingerprint density at radius 3 is 2.88 bits per heavy atom. The molecule has 3 aromatic rings. The molecule has 0 unspecified atom stereocenters. The first-order valence-electron chi connectivity index (χ1n) is 6.88. The zero-order valence-electron chi connectivity index (χ0n) is 12.4. The highest BCUT2D eigenvalue weighted by molar-refractivity contribution is 9.11. The maximum atomic E-state index is 13.8. The van der Waals surface area contributed by atoms with Crippen molar-refractivity contribution >= 4 is 37.5 Å². The quantitative estimate of drug-likeness (QED) is 0.666. The summed E-state index contributed by atoms with van der Waals surface area (Å²) in [5.74, 6) is -0.602. The number of aryl methyl sites for hydroxylation is 1. The van der Waals surface area contributed by atoms with Crippen molar-refractivity contribution in [3.63, 3.8) is 0 Å². The second-order valence-electron chi connectivity index (χ2n) is 5.01. The van der Waals surface area contributed by atoms with Crippen LogP contribution in [0.2, 0.25) is 0 Å². The van der Waals surface area contributed by atoms with E-state index < -0.39 is 17.1 Å². The van der Waals surface area contributed by atoms with Gasteiger partial charge in [0, 0.05) is 12.1 Å². The van der Waals surface area contributed by atoms with Gasteiger partial charge in [-0.2, -0.15) is 5.26 Å². The van der Waals surface area contributed by atoms with E-state index in [1.807, 2.05) is 6.07 Å². The lowest BCUT2D eigenvalue weighted by molar-refractivity contribution is 0.605. The van der Waals surface area contributed by atoms with Crippen molar-refractivity contribution in [2.24, 2.45) is 0 Å². The monoisotopic (exact) mass is 408 g/mol. The zero-order chi connectivity index (χ0) is 17.4. The van der Waals surface area contributed by atoms with Gasteiger partial charge in [-0.05, 0) is 28.9 Å². The lowest BCUT2D eigenvalue weighted by Gasteiger charge is -2.12. The Morgan fingerprint density at radius 2 is 2.17 bits per heavy atom. The van der Waals surface area contributed by atoms with E-state index in [4.69, 9.17) is 5.26 Å². The number of halogens is 2. The number of nitrogens with zero attached hydrogens (tertiary/aromatic N) is 4. The minimum absolute atomic E-state index is 0.0992.